The van der Waals surface area contributed by atoms with Crippen LogP contribution in [-0.4, -0.2) is 12.1 Å². The summed E-state index contributed by atoms with van der Waals surface area (Å²) in [5, 5.41) is 11.5. The number of nitriles is 1. The molecule has 2 heteroatoms. The molecule has 0 amide bonds. The molecule has 0 fully saturated rings. The summed E-state index contributed by atoms with van der Waals surface area (Å²) in [5.41, 5.74) is 0. The third kappa shape index (κ3) is 5.32. The monoisotopic (exact) mass is 126 g/mol. The van der Waals surface area contributed by atoms with Gasteiger partial charge in [0.25, 0.3) is 0 Å². The van der Waals surface area contributed by atoms with Crippen molar-refractivity contribution in [2.45, 2.75) is 39.3 Å². The molecule has 52 valence electrons. The Balaban J connectivity index is 3.29. The Morgan fingerprint density at radius 2 is 2.00 bits per heavy atom. The summed E-state index contributed by atoms with van der Waals surface area (Å²) >= 11 is 0. The van der Waals surface area contributed by atoms with Crippen LogP contribution in [0, 0.1) is 11.3 Å². The fraction of sp³-hybridized carbons (Fsp3) is 0.857. The third-order valence-electron chi connectivity index (χ3n) is 1.02. The average Bonchev–Trinajstić information content (AvgIpc) is 1.63. The van der Waals surface area contributed by atoms with Crippen LogP contribution >= 0.6 is 0 Å². The Hall–Kier alpha value is -0.550. The van der Waals surface area contributed by atoms with Crippen LogP contribution in [0.25, 0.3) is 0 Å². The van der Waals surface area contributed by atoms with E-state index in [1.807, 2.05) is 6.92 Å². The van der Waals surface area contributed by atoms with E-state index < -0.39 is 0 Å². The Kier molecular flexibility index (Phi) is 4.08. The molecular weight excluding hydrogens is 112 g/mol. The zero-order valence-corrected chi connectivity index (χ0v) is 6.31. The normalized spacial score (nSPS) is 13.2. The van der Waals surface area contributed by atoms with E-state index in [0.717, 1.165) is 0 Å². The molecule has 1 atom stereocenters. The number of nitrogens with one attached hydrogen (secondary N) is 1. The maximum Gasteiger partial charge on any atom is 0.0638 e. The number of hydrogen-bond donors (Lipinski definition) is 1. The Bertz CT molecular complexity index is 102. The molecule has 0 heterocycles. The van der Waals surface area contributed by atoms with E-state index >= 15 is 0 Å². The van der Waals surface area contributed by atoms with E-state index in [1.165, 1.54) is 0 Å². The zero-order valence-electron chi connectivity index (χ0n) is 6.31. The van der Waals surface area contributed by atoms with E-state index in [2.05, 4.69) is 25.2 Å². The molecule has 0 aromatic carbocycles. The first-order valence-electron chi connectivity index (χ1n) is 3.29. The lowest BCUT2D eigenvalue weighted by Gasteiger charge is -2.12. The molecule has 0 aliphatic carbocycles. The predicted octanol–water partition coefficient (Wildman–Crippen LogP) is 1.29. The van der Waals surface area contributed by atoms with Gasteiger partial charge in [-0.1, -0.05) is 13.8 Å². The standard InChI is InChI=1S/C7H14N2/c1-6(2)9-7(3)4-5-8/h6-7,9H,4H2,1-3H3/t7-/m1/s1. The molecular formula is C7H14N2. The number of hydrogen-bond acceptors (Lipinski definition) is 2. The van der Waals surface area contributed by atoms with Crippen LogP contribution in [0.2, 0.25) is 0 Å². The highest BCUT2D eigenvalue weighted by atomic mass is 14.9. The quantitative estimate of drug-likeness (QED) is 0.618. The smallest absolute Gasteiger partial charge is 0.0638 e. The Labute approximate surface area is 56.9 Å². The minimum Gasteiger partial charge on any atom is -0.311 e. The van der Waals surface area contributed by atoms with E-state index in [9.17, 15) is 0 Å². The first-order chi connectivity index (χ1) is 4.16. The summed E-state index contributed by atoms with van der Waals surface area (Å²) in [6, 6.07) is 2.92. The van der Waals surface area contributed by atoms with Gasteiger partial charge >= 0.3 is 0 Å². The van der Waals surface area contributed by atoms with Gasteiger partial charge in [0.2, 0.25) is 0 Å². The molecule has 0 bridgehead atoms. The van der Waals surface area contributed by atoms with Gasteiger partial charge in [-0.05, 0) is 6.92 Å². The van der Waals surface area contributed by atoms with Crippen LogP contribution in [0.5, 0.6) is 0 Å². The van der Waals surface area contributed by atoms with Gasteiger partial charge in [-0.25, -0.2) is 0 Å². The molecule has 2 nitrogen and oxygen atoms in total. The van der Waals surface area contributed by atoms with Gasteiger partial charge in [0.1, 0.15) is 0 Å². The second kappa shape index (κ2) is 4.34. The average molecular weight is 126 g/mol. The van der Waals surface area contributed by atoms with Gasteiger partial charge in [-0.3, -0.25) is 0 Å². The highest BCUT2D eigenvalue weighted by Crippen LogP contribution is 1.89. The molecule has 0 aromatic rings. The molecule has 0 radical (unpaired) electrons. The molecule has 0 saturated heterocycles. The van der Waals surface area contributed by atoms with Crippen molar-refractivity contribution < 1.29 is 0 Å². The van der Waals surface area contributed by atoms with Crippen LogP contribution in [0.15, 0.2) is 0 Å². The first-order valence-corrected chi connectivity index (χ1v) is 3.29. The SMILES string of the molecule is CC(C)N[C@H](C)CC#N. The molecule has 0 aliphatic heterocycles. The predicted molar refractivity (Wildman–Crippen MR) is 38.0 cm³/mol. The summed E-state index contributed by atoms with van der Waals surface area (Å²) in [4.78, 5) is 0. The van der Waals surface area contributed by atoms with Crippen molar-refractivity contribution in [2.75, 3.05) is 0 Å². The van der Waals surface area contributed by atoms with Gasteiger partial charge < -0.3 is 5.32 Å². The molecule has 9 heavy (non-hydrogen) atoms. The van der Waals surface area contributed by atoms with Crippen molar-refractivity contribution in [1.29, 1.82) is 5.26 Å². The minimum absolute atomic E-state index is 0.329. The lowest BCUT2D eigenvalue weighted by Crippen LogP contribution is -2.31. The van der Waals surface area contributed by atoms with Crippen molar-refractivity contribution in [3.63, 3.8) is 0 Å². The van der Waals surface area contributed by atoms with Crippen molar-refractivity contribution in [1.82, 2.24) is 5.32 Å². The van der Waals surface area contributed by atoms with Gasteiger partial charge in [-0.2, -0.15) is 5.26 Å². The van der Waals surface area contributed by atoms with Crippen molar-refractivity contribution >= 4 is 0 Å². The molecule has 1 N–H and O–H groups in total. The topological polar surface area (TPSA) is 35.8 Å². The van der Waals surface area contributed by atoms with Crippen LogP contribution in [-0.2, 0) is 0 Å². The zero-order chi connectivity index (χ0) is 7.28. The maximum absolute atomic E-state index is 8.26. The van der Waals surface area contributed by atoms with E-state index in [4.69, 9.17) is 5.26 Å². The summed E-state index contributed by atoms with van der Waals surface area (Å²) in [7, 11) is 0. The van der Waals surface area contributed by atoms with Crippen molar-refractivity contribution in [2.24, 2.45) is 0 Å². The Morgan fingerprint density at radius 3 is 2.33 bits per heavy atom. The van der Waals surface area contributed by atoms with E-state index in [0.29, 0.717) is 18.5 Å². The lowest BCUT2D eigenvalue weighted by atomic mass is 10.2. The summed E-state index contributed by atoms with van der Waals surface area (Å²) in [6.07, 6.45) is 0.595. The molecule has 0 unspecified atom stereocenters. The molecule has 0 rings (SSSR count). The fourth-order valence-electron chi connectivity index (χ4n) is 0.765. The highest BCUT2D eigenvalue weighted by molar-refractivity contribution is 4.78. The third-order valence-corrected chi connectivity index (χ3v) is 1.02. The molecule has 0 spiro atoms. The van der Waals surface area contributed by atoms with Crippen LogP contribution < -0.4 is 5.32 Å². The second-order valence-electron chi connectivity index (χ2n) is 2.58. The lowest BCUT2D eigenvalue weighted by molar-refractivity contribution is 0.496. The summed E-state index contributed by atoms with van der Waals surface area (Å²) in [6.45, 7) is 6.17. The Morgan fingerprint density at radius 1 is 1.44 bits per heavy atom. The minimum atomic E-state index is 0.329. The van der Waals surface area contributed by atoms with Crippen LogP contribution in [0.4, 0.5) is 0 Å². The first kappa shape index (κ1) is 8.45. The largest absolute Gasteiger partial charge is 0.311 e. The molecule has 0 aliphatic rings. The second-order valence-corrected chi connectivity index (χ2v) is 2.58. The van der Waals surface area contributed by atoms with Gasteiger partial charge in [0, 0.05) is 12.1 Å². The summed E-state index contributed by atoms with van der Waals surface area (Å²) in [5.74, 6) is 0. The maximum atomic E-state index is 8.26. The number of nitrogens with zero attached hydrogens (tertiary/aromatic N) is 1. The molecule has 0 saturated carbocycles. The van der Waals surface area contributed by atoms with Gasteiger partial charge in [0.05, 0.1) is 12.5 Å². The molecule has 0 aromatic heterocycles. The highest BCUT2D eigenvalue weighted by Gasteiger charge is 2.00. The van der Waals surface area contributed by atoms with Gasteiger partial charge in [0.15, 0.2) is 0 Å². The number of rotatable bonds is 3. The summed E-state index contributed by atoms with van der Waals surface area (Å²) < 4.78 is 0. The van der Waals surface area contributed by atoms with E-state index in [-0.39, 0.29) is 0 Å². The fourth-order valence-corrected chi connectivity index (χ4v) is 0.765. The van der Waals surface area contributed by atoms with E-state index in [1.54, 1.807) is 0 Å². The van der Waals surface area contributed by atoms with Crippen LogP contribution in [0.3, 0.4) is 0 Å². The van der Waals surface area contributed by atoms with Crippen molar-refractivity contribution in [3.8, 4) is 6.07 Å². The van der Waals surface area contributed by atoms with Crippen molar-refractivity contribution in [3.05, 3.63) is 0 Å². The van der Waals surface area contributed by atoms with Gasteiger partial charge in [-0.15, -0.1) is 0 Å². The van der Waals surface area contributed by atoms with Crippen LogP contribution in [0.1, 0.15) is 27.2 Å².